The molecule has 2 aromatic carbocycles. The SMILES string of the molecule is COC(=O)c1cccc(-c2cccc3cc(Cc4cc(F)cc(Cl)c4)sc23)n1. The molecule has 0 bridgehead atoms. The number of aromatic nitrogens is 1. The van der Waals surface area contributed by atoms with Crippen LogP contribution in [0.25, 0.3) is 21.3 Å². The Kier molecular flexibility index (Phi) is 5.11. The fourth-order valence-corrected chi connectivity index (χ4v) is 4.58. The van der Waals surface area contributed by atoms with Crippen molar-refractivity contribution >= 4 is 39.0 Å². The number of halogens is 2. The van der Waals surface area contributed by atoms with Crippen LogP contribution in [0.3, 0.4) is 0 Å². The third-order valence-corrected chi connectivity index (χ3v) is 5.72. The predicted molar refractivity (Wildman–Crippen MR) is 111 cm³/mol. The van der Waals surface area contributed by atoms with E-state index in [0.717, 1.165) is 26.1 Å². The van der Waals surface area contributed by atoms with E-state index >= 15 is 0 Å². The van der Waals surface area contributed by atoms with E-state index in [1.54, 1.807) is 29.5 Å². The topological polar surface area (TPSA) is 39.2 Å². The molecule has 4 rings (SSSR count). The maximum atomic E-state index is 13.6. The van der Waals surface area contributed by atoms with Gasteiger partial charge in [0, 0.05) is 26.6 Å². The van der Waals surface area contributed by atoms with Gasteiger partial charge in [-0.25, -0.2) is 14.2 Å². The molecule has 0 amide bonds. The number of thiophene rings is 1. The first kappa shape index (κ1) is 18.6. The minimum atomic E-state index is -0.469. The van der Waals surface area contributed by atoms with Crippen molar-refractivity contribution in [2.45, 2.75) is 6.42 Å². The van der Waals surface area contributed by atoms with Crippen molar-refractivity contribution in [3.05, 3.63) is 87.6 Å². The van der Waals surface area contributed by atoms with Gasteiger partial charge in [0.1, 0.15) is 11.5 Å². The van der Waals surface area contributed by atoms with E-state index < -0.39 is 5.97 Å². The molecule has 0 fully saturated rings. The quantitative estimate of drug-likeness (QED) is 0.379. The van der Waals surface area contributed by atoms with Crippen LogP contribution < -0.4 is 0 Å². The van der Waals surface area contributed by atoms with Gasteiger partial charge in [0.05, 0.1) is 12.8 Å². The number of fused-ring (bicyclic) bond motifs is 1. The Morgan fingerprint density at radius 2 is 1.96 bits per heavy atom. The van der Waals surface area contributed by atoms with Gasteiger partial charge in [-0.1, -0.05) is 35.9 Å². The molecular formula is C22H15ClFNO2S. The van der Waals surface area contributed by atoms with Gasteiger partial charge in [-0.05, 0) is 47.3 Å². The summed E-state index contributed by atoms with van der Waals surface area (Å²) in [6, 6.07) is 17.9. The average molecular weight is 412 g/mol. The molecule has 0 spiro atoms. The van der Waals surface area contributed by atoms with Gasteiger partial charge >= 0.3 is 5.97 Å². The molecule has 0 saturated heterocycles. The summed E-state index contributed by atoms with van der Waals surface area (Å²) in [7, 11) is 1.33. The second-order valence-electron chi connectivity index (χ2n) is 6.29. The number of hydrogen-bond donors (Lipinski definition) is 0. The number of methoxy groups -OCH3 is 1. The highest BCUT2D eigenvalue weighted by atomic mass is 35.5. The fraction of sp³-hybridized carbons (Fsp3) is 0.0909. The van der Waals surface area contributed by atoms with Gasteiger partial charge in [-0.3, -0.25) is 0 Å². The van der Waals surface area contributed by atoms with Crippen LogP contribution in [0.5, 0.6) is 0 Å². The van der Waals surface area contributed by atoms with E-state index in [-0.39, 0.29) is 11.5 Å². The first-order chi connectivity index (χ1) is 13.5. The van der Waals surface area contributed by atoms with Crippen molar-refractivity contribution in [2.75, 3.05) is 7.11 Å². The van der Waals surface area contributed by atoms with Crippen LogP contribution in [0, 0.1) is 5.82 Å². The first-order valence-electron chi connectivity index (χ1n) is 8.55. The predicted octanol–water partition coefficient (Wildman–Crippen LogP) is 6.13. The van der Waals surface area contributed by atoms with Crippen LogP contribution in [0.2, 0.25) is 5.02 Å². The minimum Gasteiger partial charge on any atom is -0.464 e. The van der Waals surface area contributed by atoms with Gasteiger partial charge in [-0.2, -0.15) is 0 Å². The van der Waals surface area contributed by atoms with Crippen molar-refractivity contribution in [3.63, 3.8) is 0 Å². The van der Waals surface area contributed by atoms with Crippen LogP contribution in [0.4, 0.5) is 4.39 Å². The molecule has 0 aliphatic carbocycles. The standard InChI is InChI=1S/C22H15ClFNO2S/c1-27-22(26)20-7-3-6-19(25-20)18-5-2-4-14-11-17(28-21(14)18)10-13-8-15(23)12-16(24)9-13/h2-9,11-12H,10H2,1H3. The fourth-order valence-electron chi connectivity index (χ4n) is 3.12. The van der Waals surface area contributed by atoms with Crippen molar-refractivity contribution in [1.82, 2.24) is 4.98 Å². The molecule has 0 aliphatic rings. The van der Waals surface area contributed by atoms with Crippen molar-refractivity contribution in [3.8, 4) is 11.3 Å². The van der Waals surface area contributed by atoms with E-state index in [2.05, 4.69) is 11.1 Å². The molecule has 0 unspecified atom stereocenters. The number of esters is 1. The van der Waals surface area contributed by atoms with Crippen LogP contribution in [0.1, 0.15) is 20.9 Å². The number of rotatable bonds is 4. The lowest BCUT2D eigenvalue weighted by atomic mass is 10.1. The minimum absolute atomic E-state index is 0.267. The second-order valence-corrected chi connectivity index (χ2v) is 7.86. The molecule has 0 aliphatic heterocycles. The summed E-state index contributed by atoms with van der Waals surface area (Å²) >= 11 is 7.59. The third-order valence-electron chi connectivity index (χ3n) is 4.32. The zero-order chi connectivity index (χ0) is 19.7. The molecular weight excluding hydrogens is 397 g/mol. The normalized spacial score (nSPS) is 11.0. The van der Waals surface area contributed by atoms with Gasteiger partial charge in [0.2, 0.25) is 0 Å². The number of nitrogens with zero attached hydrogens (tertiary/aromatic N) is 1. The van der Waals surface area contributed by atoms with E-state index in [1.807, 2.05) is 24.3 Å². The van der Waals surface area contributed by atoms with E-state index in [9.17, 15) is 9.18 Å². The zero-order valence-corrected chi connectivity index (χ0v) is 16.5. The Labute approximate surface area is 170 Å². The van der Waals surface area contributed by atoms with Crippen molar-refractivity contribution < 1.29 is 13.9 Å². The Morgan fingerprint density at radius 3 is 2.75 bits per heavy atom. The molecule has 0 saturated carbocycles. The Morgan fingerprint density at radius 1 is 1.14 bits per heavy atom. The van der Waals surface area contributed by atoms with Crippen LogP contribution >= 0.6 is 22.9 Å². The second kappa shape index (κ2) is 7.70. The van der Waals surface area contributed by atoms with Gasteiger partial charge in [0.15, 0.2) is 0 Å². The molecule has 28 heavy (non-hydrogen) atoms. The summed E-state index contributed by atoms with van der Waals surface area (Å²) < 4.78 is 19.5. The highest BCUT2D eigenvalue weighted by molar-refractivity contribution is 7.19. The van der Waals surface area contributed by atoms with E-state index in [1.165, 1.54) is 19.2 Å². The lowest BCUT2D eigenvalue weighted by Crippen LogP contribution is -2.04. The monoisotopic (exact) mass is 411 g/mol. The number of pyridine rings is 1. The summed E-state index contributed by atoms with van der Waals surface area (Å²) in [4.78, 5) is 17.3. The molecule has 0 N–H and O–H groups in total. The first-order valence-corrected chi connectivity index (χ1v) is 9.75. The summed E-state index contributed by atoms with van der Waals surface area (Å²) in [6.45, 7) is 0. The highest BCUT2D eigenvalue weighted by Crippen LogP contribution is 2.35. The lowest BCUT2D eigenvalue weighted by molar-refractivity contribution is 0.0594. The molecule has 2 heterocycles. The smallest absolute Gasteiger partial charge is 0.356 e. The van der Waals surface area contributed by atoms with Crippen LogP contribution in [-0.2, 0) is 11.2 Å². The summed E-state index contributed by atoms with van der Waals surface area (Å²) in [5, 5.41) is 1.46. The maximum absolute atomic E-state index is 13.6. The third kappa shape index (κ3) is 3.77. The van der Waals surface area contributed by atoms with Gasteiger partial charge in [-0.15, -0.1) is 11.3 Å². The van der Waals surface area contributed by atoms with Crippen LogP contribution in [-0.4, -0.2) is 18.1 Å². The molecule has 3 nitrogen and oxygen atoms in total. The van der Waals surface area contributed by atoms with E-state index in [4.69, 9.17) is 16.3 Å². The molecule has 0 atom stereocenters. The average Bonchev–Trinajstić information content (AvgIpc) is 3.08. The number of hydrogen-bond acceptors (Lipinski definition) is 4. The van der Waals surface area contributed by atoms with E-state index in [0.29, 0.717) is 17.1 Å². The van der Waals surface area contributed by atoms with Crippen LogP contribution in [0.15, 0.2) is 60.7 Å². The summed E-state index contributed by atoms with van der Waals surface area (Å²) in [6.07, 6.45) is 0.589. The molecule has 4 aromatic rings. The Balaban J connectivity index is 1.74. The van der Waals surface area contributed by atoms with Crippen molar-refractivity contribution in [2.24, 2.45) is 0 Å². The summed E-state index contributed by atoms with van der Waals surface area (Å²) in [5.41, 5.74) is 2.74. The number of benzene rings is 2. The molecule has 6 heteroatoms. The largest absolute Gasteiger partial charge is 0.464 e. The summed E-state index contributed by atoms with van der Waals surface area (Å²) in [5.74, 6) is -0.808. The van der Waals surface area contributed by atoms with Gasteiger partial charge in [0.25, 0.3) is 0 Å². The maximum Gasteiger partial charge on any atom is 0.356 e. The molecule has 0 radical (unpaired) electrons. The Hall–Kier alpha value is -2.76. The highest BCUT2D eigenvalue weighted by Gasteiger charge is 2.13. The number of ether oxygens (including phenoxy) is 1. The Bertz CT molecular complexity index is 1170. The van der Waals surface area contributed by atoms with Gasteiger partial charge < -0.3 is 4.74 Å². The molecule has 2 aromatic heterocycles. The van der Waals surface area contributed by atoms with Crippen molar-refractivity contribution in [1.29, 1.82) is 0 Å². The zero-order valence-electron chi connectivity index (χ0n) is 14.9. The number of carbonyl (C=O) groups is 1. The lowest BCUT2D eigenvalue weighted by Gasteiger charge is -2.05. The number of carbonyl (C=O) groups excluding carboxylic acids is 1. The molecule has 140 valence electrons.